The lowest BCUT2D eigenvalue weighted by atomic mass is 10.1. The summed E-state index contributed by atoms with van der Waals surface area (Å²) in [4.78, 5) is 21.7. The molecule has 0 aliphatic carbocycles. The molecule has 0 spiro atoms. The van der Waals surface area contributed by atoms with E-state index in [1.807, 2.05) is 30.0 Å². The Labute approximate surface area is 172 Å². The van der Waals surface area contributed by atoms with Gasteiger partial charge in [0.25, 0.3) is 0 Å². The first kappa shape index (κ1) is 21.7. The summed E-state index contributed by atoms with van der Waals surface area (Å²) in [5, 5.41) is 4.44. The predicted octanol–water partition coefficient (Wildman–Crippen LogP) is 2.10. The molecule has 148 valence electrons. The minimum atomic E-state index is -0.223. The summed E-state index contributed by atoms with van der Waals surface area (Å²) in [6, 6.07) is 12.1. The maximum atomic E-state index is 12.7. The number of hydrogen-bond donors (Lipinski definition) is 1. The molecule has 3 heterocycles. The number of pyridine rings is 1. The van der Waals surface area contributed by atoms with Crippen molar-refractivity contribution in [3.05, 3.63) is 36.4 Å². The summed E-state index contributed by atoms with van der Waals surface area (Å²) >= 11 is 0. The normalized spacial score (nSPS) is 22.7. The first-order valence-electron chi connectivity index (χ1n) is 8.97. The molecule has 1 aromatic carbocycles. The summed E-state index contributed by atoms with van der Waals surface area (Å²) in [5.41, 5.74) is 1.01. The van der Waals surface area contributed by atoms with Crippen LogP contribution in [0.25, 0.3) is 10.9 Å². The molecule has 2 aromatic rings. The lowest BCUT2D eigenvalue weighted by Gasteiger charge is -2.39. The molecular weight excluding hydrogens is 387 g/mol. The van der Waals surface area contributed by atoms with E-state index in [2.05, 4.69) is 28.4 Å². The van der Waals surface area contributed by atoms with Crippen LogP contribution in [0.15, 0.2) is 36.4 Å². The van der Waals surface area contributed by atoms with E-state index in [-0.39, 0.29) is 42.9 Å². The third kappa shape index (κ3) is 4.63. The molecule has 2 atom stereocenters. The molecule has 6 nitrogen and oxygen atoms in total. The highest BCUT2D eigenvalue weighted by atomic mass is 35.5. The number of fused-ring (bicyclic) bond motifs is 1. The molecule has 2 aliphatic heterocycles. The number of rotatable bonds is 2. The van der Waals surface area contributed by atoms with Crippen molar-refractivity contribution in [2.45, 2.75) is 19.1 Å². The molecule has 1 amide bonds. The average molecular weight is 413 g/mol. The van der Waals surface area contributed by atoms with Gasteiger partial charge in [0.05, 0.1) is 18.2 Å². The Bertz CT molecular complexity index is 768. The second-order valence-electron chi connectivity index (χ2n) is 6.68. The summed E-state index contributed by atoms with van der Waals surface area (Å²) in [6.45, 7) is 6.42. The van der Waals surface area contributed by atoms with Gasteiger partial charge in [0, 0.05) is 38.1 Å². The van der Waals surface area contributed by atoms with Crippen molar-refractivity contribution < 1.29 is 9.53 Å². The third-order valence-electron chi connectivity index (χ3n) is 5.08. The number of anilines is 1. The number of piperazine rings is 1. The number of hydrogen-bond acceptors (Lipinski definition) is 5. The minimum Gasteiger partial charge on any atom is -0.375 e. The third-order valence-corrected chi connectivity index (χ3v) is 5.08. The number of carbonyl (C=O) groups excluding carboxylic acids is 1. The van der Waals surface area contributed by atoms with E-state index in [0.717, 1.165) is 49.4 Å². The van der Waals surface area contributed by atoms with Crippen LogP contribution in [-0.4, -0.2) is 67.3 Å². The lowest BCUT2D eigenvalue weighted by Crippen LogP contribution is -2.59. The fourth-order valence-corrected chi connectivity index (χ4v) is 3.59. The Hall–Kier alpha value is -1.60. The van der Waals surface area contributed by atoms with Gasteiger partial charge in [0.1, 0.15) is 11.9 Å². The SMILES string of the molecule is C[C@H]1OCCN[C@@H]1C(=O)N1CCN(c2ccc3ccccc3n2)CC1.Cl.Cl. The van der Waals surface area contributed by atoms with Gasteiger partial charge in [-0.3, -0.25) is 4.79 Å². The van der Waals surface area contributed by atoms with Gasteiger partial charge in [0.15, 0.2) is 0 Å². The molecule has 8 heteroatoms. The highest BCUT2D eigenvalue weighted by Crippen LogP contribution is 2.19. The fourth-order valence-electron chi connectivity index (χ4n) is 3.59. The Balaban J connectivity index is 0.00000131. The van der Waals surface area contributed by atoms with Crippen LogP contribution < -0.4 is 10.2 Å². The standard InChI is InChI=1S/C19H24N4O2.2ClH/c1-14-18(20-8-13-25-14)19(24)23-11-9-22(10-12-23)17-7-6-15-4-2-3-5-16(15)21-17;;/h2-7,14,18,20H,8-13H2,1H3;2*1H/t14-,18+;;/m1../s1. The van der Waals surface area contributed by atoms with Gasteiger partial charge in [-0.1, -0.05) is 18.2 Å². The molecule has 0 radical (unpaired) electrons. The van der Waals surface area contributed by atoms with Gasteiger partial charge in [0.2, 0.25) is 5.91 Å². The van der Waals surface area contributed by atoms with Crippen molar-refractivity contribution >= 4 is 47.4 Å². The van der Waals surface area contributed by atoms with Crippen LogP contribution in [0.3, 0.4) is 0 Å². The van der Waals surface area contributed by atoms with E-state index in [1.54, 1.807) is 0 Å². The molecule has 27 heavy (non-hydrogen) atoms. The van der Waals surface area contributed by atoms with Gasteiger partial charge in [-0.05, 0) is 25.1 Å². The predicted molar refractivity (Wildman–Crippen MR) is 112 cm³/mol. The number of aromatic nitrogens is 1. The van der Waals surface area contributed by atoms with E-state index in [9.17, 15) is 4.79 Å². The van der Waals surface area contributed by atoms with Crippen molar-refractivity contribution in [2.24, 2.45) is 0 Å². The Morgan fingerprint density at radius 2 is 1.85 bits per heavy atom. The maximum absolute atomic E-state index is 12.7. The number of para-hydroxylation sites is 1. The number of benzene rings is 1. The van der Waals surface area contributed by atoms with Gasteiger partial charge in [-0.15, -0.1) is 24.8 Å². The van der Waals surface area contributed by atoms with Crippen LogP contribution in [0.5, 0.6) is 0 Å². The molecule has 1 N–H and O–H groups in total. The van der Waals surface area contributed by atoms with Crippen LogP contribution in [-0.2, 0) is 9.53 Å². The molecule has 0 saturated carbocycles. The highest BCUT2D eigenvalue weighted by Gasteiger charge is 2.33. The van der Waals surface area contributed by atoms with Crippen LogP contribution in [0.4, 0.5) is 5.82 Å². The number of amides is 1. The van der Waals surface area contributed by atoms with Crippen LogP contribution >= 0.6 is 24.8 Å². The van der Waals surface area contributed by atoms with Crippen LogP contribution in [0.2, 0.25) is 0 Å². The number of halogens is 2. The zero-order valence-electron chi connectivity index (χ0n) is 15.3. The van der Waals surface area contributed by atoms with Crippen molar-refractivity contribution in [2.75, 3.05) is 44.2 Å². The highest BCUT2D eigenvalue weighted by molar-refractivity contribution is 5.85. The molecule has 2 saturated heterocycles. The van der Waals surface area contributed by atoms with Crippen molar-refractivity contribution in [3.63, 3.8) is 0 Å². The number of nitrogens with zero attached hydrogens (tertiary/aromatic N) is 3. The topological polar surface area (TPSA) is 57.7 Å². The second-order valence-corrected chi connectivity index (χ2v) is 6.68. The van der Waals surface area contributed by atoms with Crippen molar-refractivity contribution in [1.29, 1.82) is 0 Å². The molecule has 4 rings (SSSR count). The fraction of sp³-hybridized carbons (Fsp3) is 0.474. The molecule has 2 aliphatic rings. The minimum absolute atomic E-state index is 0. The van der Waals surface area contributed by atoms with Crippen LogP contribution in [0, 0.1) is 0 Å². The molecule has 1 aromatic heterocycles. The number of ether oxygens (including phenoxy) is 1. The van der Waals surface area contributed by atoms with Gasteiger partial charge < -0.3 is 19.9 Å². The number of carbonyl (C=O) groups is 1. The number of morpholine rings is 1. The average Bonchev–Trinajstić information content (AvgIpc) is 2.67. The monoisotopic (exact) mass is 412 g/mol. The zero-order valence-corrected chi connectivity index (χ0v) is 17.0. The first-order valence-corrected chi connectivity index (χ1v) is 8.97. The van der Waals surface area contributed by atoms with E-state index in [4.69, 9.17) is 9.72 Å². The van der Waals surface area contributed by atoms with Gasteiger partial charge in [-0.25, -0.2) is 4.98 Å². The van der Waals surface area contributed by atoms with Crippen LogP contribution in [0.1, 0.15) is 6.92 Å². The zero-order chi connectivity index (χ0) is 17.2. The quantitative estimate of drug-likeness (QED) is 0.818. The Morgan fingerprint density at radius 1 is 1.11 bits per heavy atom. The lowest BCUT2D eigenvalue weighted by molar-refractivity contribution is -0.139. The summed E-state index contributed by atoms with van der Waals surface area (Å²) < 4.78 is 5.60. The Morgan fingerprint density at radius 3 is 2.59 bits per heavy atom. The van der Waals surface area contributed by atoms with Gasteiger partial charge in [-0.2, -0.15) is 0 Å². The largest absolute Gasteiger partial charge is 0.375 e. The van der Waals surface area contributed by atoms with E-state index >= 15 is 0 Å². The molecule has 0 bridgehead atoms. The van der Waals surface area contributed by atoms with E-state index in [0.29, 0.717) is 6.61 Å². The molecule has 2 fully saturated rings. The maximum Gasteiger partial charge on any atom is 0.242 e. The summed E-state index contributed by atoms with van der Waals surface area (Å²) in [5.74, 6) is 1.14. The smallest absolute Gasteiger partial charge is 0.242 e. The van der Waals surface area contributed by atoms with E-state index < -0.39 is 0 Å². The molecular formula is C19H26Cl2N4O2. The Kier molecular flexibility index (Phi) is 7.68. The summed E-state index contributed by atoms with van der Waals surface area (Å²) in [6.07, 6.45) is -0.0681. The molecule has 0 unspecified atom stereocenters. The van der Waals surface area contributed by atoms with Gasteiger partial charge >= 0.3 is 0 Å². The second kappa shape index (κ2) is 9.55. The van der Waals surface area contributed by atoms with Crippen molar-refractivity contribution in [1.82, 2.24) is 15.2 Å². The van der Waals surface area contributed by atoms with Crippen molar-refractivity contribution in [3.8, 4) is 0 Å². The first-order chi connectivity index (χ1) is 12.2. The number of nitrogens with one attached hydrogen (secondary N) is 1. The van der Waals surface area contributed by atoms with E-state index in [1.165, 1.54) is 0 Å². The summed E-state index contributed by atoms with van der Waals surface area (Å²) in [7, 11) is 0.